The van der Waals surface area contributed by atoms with Crippen LogP contribution in [0.15, 0.2) is 71.3 Å². The Morgan fingerprint density at radius 2 is 1.80 bits per heavy atom. The Balaban J connectivity index is 1.50. The maximum absolute atomic E-state index is 13.3. The number of hydrogen-bond acceptors (Lipinski definition) is 4. The molecular formula is C25H28N2O3. The summed E-state index contributed by atoms with van der Waals surface area (Å²) < 4.78 is 5.42. The van der Waals surface area contributed by atoms with E-state index < -0.39 is 0 Å². The lowest BCUT2D eigenvalue weighted by atomic mass is 10.0. The normalized spacial score (nSPS) is 15.2. The Labute approximate surface area is 177 Å². The van der Waals surface area contributed by atoms with Crippen molar-refractivity contribution in [2.24, 2.45) is 0 Å². The fourth-order valence-corrected chi connectivity index (χ4v) is 4.13. The average Bonchev–Trinajstić information content (AvgIpc) is 3.32. The molecule has 1 N–H and O–H groups in total. The number of rotatable bonds is 6. The Kier molecular flexibility index (Phi) is 6.19. The van der Waals surface area contributed by atoms with Crippen molar-refractivity contribution in [2.75, 3.05) is 18.0 Å². The molecule has 0 aliphatic carbocycles. The Hall–Kier alpha value is -3.05. The van der Waals surface area contributed by atoms with Crippen LogP contribution in [0.4, 0.5) is 5.69 Å². The highest BCUT2D eigenvalue weighted by Crippen LogP contribution is 2.28. The highest BCUT2D eigenvalue weighted by atomic mass is 16.3. The number of likely N-dealkylation sites (tertiary alicyclic amines) is 1. The number of amides is 1. The van der Waals surface area contributed by atoms with Crippen LogP contribution in [-0.4, -0.2) is 35.0 Å². The van der Waals surface area contributed by atoms with Crippen LogP contribution in [0, 0.1) is 0 Å². The Morgan fingerprint density at radius 3 is 2.43 bits per heavy atom. The minimum absolute atomic E-state index is 0.0941. The predicted molar refractivity (Wildman–Crippen MR) is 118 cm³/mol. The molecule has 4 rings (SSSR count). The SMILES string of the molecule is CCc1ccc(N(C(=O)c2ccco2)C2CCN(Cc3ccccc3O)CC2)cc1. The summed E-state index contributed by atoms with van der Waals surface area (Å²) in [5.74, 6) is 0.611. The topological polar surface area (TPSA) is 56.9 Å². The minimum Gasteiger partial charge on any atom is -0.508 e. The molecule has 0 saturated carbocycles. The van der Waals surface area contributed by atoms with Crippen LogP contribution in [0.5, 0.6) is 5.75 Å². The third-order valence-corrected chi connectivity index (χ3v) is 5.88. The number of phenols is 1. The number of aryl methyl sites for hydroxylation is 1. The number of hydrogen-bond donors (Lipinski definition) is 1. The molecule has 5 heteroatoms. The van der Waals surface area contributed by atoms with Crippen molar-refractivity contribution in [3.63, 3.8) is 0 Å². The molecule has 0 spiro atoms. The number of carbonyl (C=O) groups excluding carboxylic acids is 1. The van der Waals surface area contributed by atoms with E-state index in [9.17, 15) is 9.90 Å². The lowest BCUT2D eigenvalue weighted by Crippen LogP contribution is -2.47. The standard InChI is InChI=1S/C25H28N2O3/c1-2-19-9-11-21(12-10-19)27(25(29)24-8-5-17-30-24)22-13-15-26(16-14-22)18-20-6-3-4-7-23(20)28/h3-12,17,22,28H,2,13-16,18H2,1H3. The molecular weight excluding hydrogens is 376 g/mol. The zero-order valence-corrected chi connectivity index (χ0v) is 17.3. The Morgan fingerprint density at radius 1 is 1.07 bits per heavy atom. The van der Waals surface area contributed by atoms with Crippen LogP contribution in [0.2, 0.25) is 0 Å². The van der Waals surface area contributed by atoms with Crippen molar-refractivity contribution < 1.29 is 14.3 Å². The van der Waals surface area contributed by atoms with Gasteiger partial charge in [0.05, 0.1) is 6.26 Å². The third-order valence-electron chi connectivity index (χ3n) is 5.88. The van der Waals surface area contributed by atoms with Gasteiger partial charge < -0.3 is 14.4 Å². The molecule has 30 heavy (non-hydrogen) atoms. The lowest BCUT2D eigenvalue weighted by molar-refractivity contribution is 0.0931. The van der Waals surface area contributed by atoms with E-state index in [2.05, 4.69) is 24.0 Å². The molecule has 1 aliphatic heterocycles. The van der Waals surface area contributed by atoms with Crippen molar-refractivity contribution in [3.05, 3.63) is 83.8 Å². The highest BCUT2D eigenvalue weighted by Gasteiger charge is 2.31. The van der Waals surface area contributed by atoms with Crippen LogP contribution in [0.1, 0.15) is 41.4 Å². The second-order valence-corrected chi connectivity index (χ2v) is 7.81. The Bertz CT molecular complexity index is 958. The van der Waals surface area contributed by atoms with Crippen molar-refractivity contribution in [1.82, 2.24) is 4.90 Å². The maximum atomic E-state index is 13.3. The van der Waals surface area contributed by atoms with E-state index in [1.54, 1.807) is 24.5 Å². The monoisotopic (exact) mass is 404 g/mol. The van der Waals surface area contributed by atoms with Crippen molar-refractivity contribution in [2.45, 2.75) is 38.8 Å². The summed E-state index contributed by atoms with van der Waals surface area (Å²) in [4.78, 5) is 17.5. The lowest BCUT2D eigenvalue weighted by Gasteiger charge is -2.38. The van der Waals surface area contributed by atoms with Crippen LogP contribution in [0.3, 0.4) is 0 Å². The summed E-state index contributed by atoms with van der Waals surface area (Å²) >= 11 is 0. The second-order valence-electron chi connectivity index (χ2n) is 7.81. The number of anilines is 1. The first-order valence-electron chi connectivity index (χ1n) is 10.6. The fraction of sp³-hybridized carbons (Fsp3) is 0.320. The van der Waals surface area contributed by atoms with E-state index in [4.69, 9.17) is 4.42 Å². The molecule has 1 amide bonds. The number of para-hydroxylation sites is 1. The van der Waals surface area contributed by atoms with Crippen LogP contribution >= 0.6 is 0 Å². The summed E-state index contributed by atoms with van der Waals surface area (Å²) in [7, 11) is 0. The molecule has 0 bridgehead atoms. The van der Waals surface area contributed by atoms with E-state index in [1.165, 1.54) is 5.56 Å². The fourth-order valence-electron chi connectivity index (χ4n) is 4.13. The largest absolute Gasteiger partial charge is 0.508 e. The van der Waals surface area contributed by atoms with Gasteiger partial charge in [-0.1, -0.05) is 37.3 Å². The summed E-state index contributed by atoms with van der Waals surface area (Å²) in [5.41, 5.74) is 3.10. The molecule has 0 unspecified atom stereocenters. The van der Waals surface area contributed by atoms with Crippen molar-refractivity contribution in [3.8, 4) is 5.75 Å². The first-order chi connectivity index (χ1) is 14.7. The summed E-state index contributed by atoms with van der Waals surface area (Å²) in [6, 6.07) is 19.3. The van der Waals surface area contributed by atoms with Gasteiger partial charge in [-0.2, -0.15) is 0 Å². The summed E-state index contributed by atoms with van der Waals surface area (Å²) in [5, 5.41) is 10.1. The molecule has 5 nitrogen and oxygen atoms in total. The van der Waals surface area contributed by atoms with E-state index >= 15 is 0 Å². The van der Waals surface area contributed by atoms with Crippen LogP contribution in [0.25, 0.3) is 0 Å². The number of piperidine rings is 1. The molecule has 1 aliphatic rings. The molecule has 1 fully saturated rings. The van der Waals surface area contributed by atoms with Crippen LogP contribution in [-0.2, 0) is 13.0 Å². The zero-order chi connectivity index (χ0) is 20.9. The third kappa shape index (κ3) is 4.41. The van der Waals surface area contributed by atoms with Crippen LogP contribution < -0.4 is 4.90 Å². The van der Waals surface area contributed by atoms with Gasteiger partial charge in [0.2, 0.25) is 0 Å². The zero-order valence-electron chi connectivity index (χ0n) is 17.3. The number of phenolic OH excluding ortho intramolecular Hbond substituents is 1. The first-order valence-corrected chi connectivity index (χ1v) is 10.6. The van der Waals surface area contributed by atoms with E-state index in [-0.39, 0.29) is 11.9 Å². The van der Waals surface area contributed by atoms with Gasteiger partial charge >= 0.3 is 0 Å². The number of benzene rings is 2. The molecule has 2 aromatic carbocycles. The van der Waals surface area contributed by atoms with Crippen molar-refractivity contribution in [1.29, 1.82) is 0 Å². The predicted octanol–water partition coefficient (Wildman–Crippen LogP) is 4.86. The smallest absolute Gasteiger partial charge is 0.294 e. The van der Waals surface area contributed by atoms with E-state index in [0.29, 0.717) is 11.5 Å². The molecule has 0 atom stereocenters. The minimum atomic E-state index is -0.0941. The molecule has 2 heterocycles. The number of nitrogens with zero attached hydrogens (tertiary/aromatic N) is 2. The summed E-state index contributed by atoms with van der Waals surface area (Å²) in [6.45, 7) is 4.58. The van der Waals surface area contributed by atoms with E-state index in [0.717, 1.165) is 50.1 Å². The van der Waals surface area contributed by atoms with E-state index in [1.807, 2.05) is 35.2 Å². The van der Waals surface area contributed by atoms with Gasteiger partial charge in [0.1, 0.15) is 5.75 Å². The maximum Gasteiger partial charge on any atom is 0.294 e. The van der Waals surface area contributed by atoms with Gasteiger partial charge in [-0.25, -0.2) is 0 Å². The summed E-state index contributed by atoms with van der Waals surface area (Å²) in [6.07, 6.45) is 4.25. The average molecular weight is 405 g/mol. The van der Waals surface area contributed by atoms with Gasteiger partial charge in [0, 0.05) is 36.9 Å². The molecule has 0 radical (unpaired) electrons. The first kappa shape index (κ1) is 20.2. The highest BCUT2D eigenvalue weighted by molar-refractivity contribution is 6.04. The van der Waals surface area contributed by atoms with Gasteiger partial charge in [0.15, 0.2) is 5.76 Å². The van der Waals surface area contributed by atoms with Crippen molar-refractivity contribution >= 4 is 11.6 Å². The number of carbonyl (C=O) groups is 1. The molecule has 1 aromatic heterocycles. The quantitative estimate of drug-likeness (QED) is 0.637. The number of aromatic hydroxyl groups is 1. The number of furan rings is 1. The molecule has 3 aromatic rings. The van der Waals surface area contributed by atoms with Gasteiger partial charge in [0.25, 0.3) is 5.91 Å². The molecule has 1 saturated heterocycles. The van der Waals surface area contributed by atoms with Gasteiger partial charge in [-0.05, 0) is 55.2 Å². The second kappa shape index (κ2) is 9.18. The van der Waals surface area contributed by atoms with Gasteiger partial charge in [-0.15, -0.1) is 0 Å². The molecule has 156 valence electrons. The van der Waals surface area contributed by atoms with Gasteiger partial charge in [-0.3, -0.25) is 9.69 Å².